The number of rotatable bonds is 1. The summed E-state index contributed by atoms with van der Waals surface area (Å²) in [5, 5.41) is 19.7. The molecule has 2 aliphatic rings. The van der Waals surface area contributed by atoms with Gasteiger partial charge in [0.05, 0.1) is 6.10 Å². The maximum atomic E-state index is 10.2. The molecule has 2 N–H and O–H groups in total. The fraction of sp³-hybridized carbons (Fsp3) is 0.571. The van der Waals surface area contributed by atoms with Crippen molar-refractivity contribution in [3.63, 3.8) is 0 Å². The van der Waals surface area contributed by atoms with Gasteiger partial charge in [-0.25, -0.2) is 0 Å². The Morgan fingerprint density at radius 3 is 2.72 bits per heavy atom. The van der Waals surface area contributed by atoms with Gasteiger partial charge in [0.1, 0.15) is 17.6 Å². The number of phenols is 1. The molecule has 1 aromatic rings. The van der Waals surface area contributed by atoms with E-state index < -0.39 is 6.10 Å². The van der Waals surface area contributed by atoms with Crippen LogP contribution in [0, 0.1) is 5.92 Å². The Balaban J connectivity index is 1.81. The number of aromatic hydroxyl groups is 1. The van der Waals surface area contributed by atoms with Crippen molar-refractivity contribution < 1.29 is 19.7 Å². The molecule has 0 spiro atoms. The molecule has 3 rings (SSSR count). The van der Waals surface area contributed by atoms with Crippen LogP contribution in [0.4, 0.5) is 0 Å². The Labute approximate surface area is 106 Å². The molecule has 0 aromatic heterocycles. The van der Waals surface area contributed by atoms with Crippen molar-refractivity contribution >= 4 is 0 Å². The van der Waals surface area contributed by atoms with Gasteiger partial charge in [0.15, 0.2) is 0 Å². The van der Waals surface area contributed by atoms with Gasteiger partial charge < -0.3 is 19.7 Å². The highest BCUT2D eigenvalue weighted by Crippen LogP contribution is 2.35. The van der Waals surface area contributed by atoms with Crippen LogP contribution in [0.15, 0.2) is 18.2 Å². The number of aliphatic hydroxyl groups excluding tert-OH is 1. The van der Waals surface area contributed by atoms with E-state index in [1.165, 1.54) is 0 Å². The smallest absolute Gasteiger partial charge is 0.128 e. The molecule has 2 atom stereocenters. The van der Waals surface area contributed by atoms with Gasteiger partial charge in [-0.3, -0.25) is 0 Å². The van der Waals surface area contributed by atoms with E-state index in [1.54, 1.807) is 12.1 Å². The SMILES string of the molecule is Oc1ccc2c(c1)O[C@@H](C1CCOCC1)[C@@H](O)C2. The molecule has 18 heavy (non-hydrogen) atoms. The summed E-state index contributed by atoms with van der Waals surface area (Å²) in [6.45, 7) is 1.48. The summed E-state index contributed by atoms with van der Waals surface area (Å²) in [7, 11) is 0. The molecule has 4 nitrogen and oxygen atoms in total. The van der Waals surface area contributed by atoms with Gasteiger partial charge in [0.25, 0.3) is 0 Å². The Morgan fingerprint density at radius 2 is 1.94 bits per heavy atom. The molecule has 4 heteroatoms. The van der Waals surface area contributed by atoms with Crippen LogP contribution in [0.1, 0.15) is 18.4 Å². The van der Waals surface area contributed by atoms with Gasteiger partial charge in [0.2, 0.25) is 0 Å². The van der Waals surface area contributed by atoms with Crippen molar-refractivity contribution in [1.29, 1.82) is 0 Å². The van der Waals surface area contributed by atoms with Crippen molar-refractivity contribution in [1.82, 2.24) is 0 Å². The maximum Gasteiger partial charge on any atom is 0.128 e. The largest absolute Gasteiger partial charge is 0.508 e. The van der Waals surface area contributed by atoms with E-state index in [0.717, 1.165) is 31.6 Å². The highest BCUT2D eigenvalue weighted by molar-refractivity contribution is 5.42. The maximum absolute atomic E-state index is 10.2. The van der Waals surface area contributed by atoms with Gasteiger partial charge in [-0.2, -0.15) is 0 Å². The van der Waals surface area contributed by atoms with Crippen LogP contribution in [-0.2, 0) is 11.2 Å². The molecule has 2 aliphatic heterocycles. The molecular formula is C14H18O4. The van der Waals surface area contributed by atoms with E-state index >= 15 is 0 Å². The third-order valence-electron chi connectivity index (χ3n) is 3.85. The van der Waals surface area contributed by atoms with Gasteiger partial charge in [0, 0.05) is 31.6 Å². The summed E-state index contributed by atoms with van der Waals surface area (Å²) in [4.78, 5) is 0. The quantitative estimate of drug-likeness (QED) is 0.792. The highest BCUT2D eigenvalue weighted by Gasteiger charge is 2.35. The molecule has 98 valence electrons. The monoisotopic (exact) mass is 250 g/mol. The minimum absolute atomic E-state index is 0.178. The van der Waals surface area contributed by atoms with E-state index in [4.69, 9.17) is 9.47 Å². The van der Waals surface area contributed by atoms with Crippen molar-refractivity contribution in [2.75, 3.05) is 13.2 Å². The highest BCUT2D eigenvalue weighted by atomic mass is 16.5. The number of aliphatic hydroxyl groups is 1. The summed E-state index contributed by atoms with van der Waals surface area (Å²) in [6.07, 6.45) is 1.80. The van der Waals surface area contributed by atoms with E-state index in [0.29, 0.717) is 18.1 Å². The minimum atomic E-state index is -0.467. The number of benzene rings is 1. The molecule has 0 saturated carbocycles. The van der Waals surface area contributed by atoms with Crippen LogP contribution in [0.25, 0.3) is 0 Å². The lowest BCUT2D eigenvalue weighted by Gasteiger charge is -2.37. The standard InChI is InChI=1S/C14H18O4/c15-11-2-1-10-7-12(16)14(18-13(10)8-11)9-3-5-17-6-4-9/h1-2,8-9,12,14-16H,3-7H2/t12-,14-/m0/s1. The molecule has 1 saturated heterocycles. The molecule has 0 aliphatic carbocycles. The third kappa shape index (κ3) is 2.18. The zero-order chi connectivity index (χ0) is 12.5. The molecule has 0 amide bonds. The van der Waals surface area contributed by atoms with Crippen molar-refractivity contribution in [2.45, 2.75) is 31.5 Å². The number of ether oxygens (including phenoxy) is 2. The minimum Gasteiger partial charge on any atom is -0.508 e. The normalized spacial score (nSPS) is 28.5. The van der Waals surface area contributed by atoms with Gasteiger partial charge >= 0.3 is 0 Å². The first-order chi connectivity index (χ1) is 8.74. The summed E-state index contributed by atoms with van der Waals surface area (Å²) >= 11 is 0. The van der Waals surface area contributed by atoms with Crippen LogP contribution < -0.4 is 4.74 Å². The Bertz CT molecular complexity index is 426. The predicted molar refractivity (Wildman–Crippen MR) is 65.8 cm³/mol. The number of fused-ring (bicyclic) bond motifs is 1. The number of hydrogen-bond acceptors (Lipinski definition) is 4. The molecule has 0 radical (unpaired) electrons. The molecule has 0 bridgehead atoms. The van der Waals surface area contributed by atoms with E-state index in [1.807, 2.05) is 6.07 Å². The average molecular weight is 250 g/mol. The van der Waals surface area contributed by atoms with Crippen LogP contribution in [0.2, 0.25) is 0 Å². The lowest BCUT2D eigenvalue weighted by atomic mass is 9.86. The van der Waals surface area contributed by atoms with Crippen molar-refractivity contribution in [3.05, 3.63) is 23.8 Å². The summed E-state index contributed by atoms with van der Waals surface area (Å²) < 4.78 is 11.2. The summed E-state index contributed by atoms with van der Waals surface area (Å²) in [5.74, 6) is 1.25. The second kappa shape index (κ2) is 4.78. The van der Waals surface area contributed by atoms with Crippen LogP contribution in [0.3, 0.4) is 0 Å². The lowest BCUT2D eigenvalue weighted by Crippen LogP contribution is -2.44. The molecule has 2 heterocycles. The van der Waals surface area contributed by atoms with E-state index in [9.17, 15) is 10.2 Å². The Kier molecular flexibility index (Phi) is 3.14. The summed E-state index contributed by atoms with van der Waals surface area (Å²) in [6, 6.07) is 5.07. The average Bonchev–Trinajstić information content (AvgIpc) is 2.39. The topological polar surface area (TPSA) is 58.9 Å². The van der Waals surface area contributed by atoms with Crippen LogP contribution >= 0.6 is 0 Å². The van der Waals surface area contributed by atoms with Crippen LogP contribution in [-0.4, -0.2) is 35.6 Å². The van der Waals surface area contributed by atoms with Crippen LogP contribution in [0.5, 0.6) is 11.5 Å². The molecular weight excluding hydrogens is 232 g/mol. The zero-order valence-electron chi connectivity index (χ0n) is 10.2. The zero-order valence-corrected chi connectivity index (χ0v) is 10.2. The van der Waals surface area contributed by atoms with Gasteiger partial charge in [-0.15, -0.1) is 0 Å². The first-order valence-corrected chi connectivity index (χ1v) is 6.48. The first-order valence-electron chi connectivity index (χ1n) is 6.48. The summed E-state index contributed by atoms with van der Waals surface area (Å²) in [5.41, 5.74) is 0.962. The van der Waals surface area contributed by atoms with Crippen molar-refractivity contribution in [2.24, 2.45) is 5.92 Å². The fourth-order valence-corrected chi connectivity index (χ4v) is 2.84. The second-order valence-corrected chi connectivity index (χ2v) is 5.10. The van der Waals surface area contributed by atoms with Gasteiger partial charge in [-0.05, 0) is 24.5 Å². The first kappa shape index (κ1) is 11.8. The molecule has 1 fully saturated rings. The predicted octanol–water partition coefficient (Wildman–Crippen LogP) is 1.48. The fourth-order valence-electron chi connectivity index (χ4n) is 2.84. The number of hydrogen-bond donors (Lipinski definition) is 2. The molecule has 0 unspecified atom stereocenters. The van der Waals surface area contributed by atoms with Crippen molar-refractivity contribution in [3.8, 4) is 11.5 Å². The van der Waals surface area contributed by atoms with E-state index in [2.05, 4.69) is 0 Å². The lowest BCUT2D eigenvalue weighted by molar-refractivity contribution is -0.0482. The van der Waals surface area contributed by atoms with E-state index in [-0.39, 0.29) is 11.9 Å². The number of phenolic OH excluding ortho intramolecular Hbond substituents is 1. The third-order valence-corrected chi connectivity index (χ3v) is 3.85. The molecule has 1 aromatic carbocycles. The Hall–Kier alpha value is -1.26. The Morgan fingerprint density at radius 1 is 1.17 bits per heavy atom. The second-order valence-electron chi connectivity index (χ2n) is 5.10. The van der Waals surface area contributed by atoms with Gasteiger partial charge in [-0.1, -0.05) is 6.07 Å².